The lowest BCUT2D eigenvalue weighted by Gasteiger charge is -2.47. The Morgan fingerprint density at radius 1 is 1.10 bits per heavy atom. The second-order valence-electron chi connectivity index (χ2n) is 7.44. The van der Waals surface area contributed by atoms with E-state index in [0.29, 0.717) is 5.41 Å². The minimum Gasteiger partial charge on any atom is -0.481 e. The molecule has 1 fully saturated rings. The van der Waals surface area contributed by atoms with E-state index in [2.05, 4.69) is 25.7 Å². The molecule has 0 aromatic heterocycles. The maximum absolute atomic E-state index is 11.3. The van der Waals surface area contributed by atoms with Gasteiger partial charge in [0.05, 0.1) is 5.41 Å². The molecule has 1 saturated heterocycles. The predicted octanol–water partition coefficient (Wildman–Crippen LogP) is 3.53. The van der Waals surface area contributed by atoms with Crippen molar-refractivity contribution in [3.63, 3.8) is 0 Å². The van der Waals surface area contributed by atoms with Gasteiger partial charge in [-0.2, -0.15) is 0 Å². The van der Waals surface area contributed by atoms with Gasteiger partial charge in [-0.25, -0.2) is 0 Å². The third kappa shape index (κ3) is 2.67. The summed E-state index contributed by atoms with van der Waals surface area (Å²) in [5, 5.41) is 9.24. The van der Waals surface area contributed by atoms with Crippen LogP contribution < -0.4 is 4.90 Å². The summed E-state index contributed by atoms with van der Waals surface area (Å²) in [6.07, 6.45) is 0. The Balaban J connectivity index is 2.06. The van der Waals surface area contributed by atoms with E-state index in [9.17, 15) is 9.90 Å². The van der Waals surface area contributed by atoms with Crippen LogP contribution in [0.15, 0.2) is 24.3 Å². The van der Waals surface area contributed by atoms with Crippen molar-refractivity contribution in [1.29, 1.82) is 0 Å². The first-order valence-electron chi connectivity index (χ1n) is 7.21. The molecule has 0 radical (unpaired) electrons. The number of carboxylic acids is 1. The van der Waals surface area contributed by atoms with Crippen molar-refractivity contribution in [3.8, 4) is 0 Å². The summed E-state index contributed by atoms with van der Waals surface area (Å²) in [5.41, 5.74) is 1.57. The summed E-state index contributed by atoms with van der Waals surface area (Å²) < 4.78 is 0. The fourth-order valence-corrected chi connectivity index (χ4v) is 2.45. The molecule has 1 N–H and O–H groups in total. The zero-order valence-electron chi connectivity index (χ0n) is 13.1. The molecule has 2 rings (SSSR count). The zero-order chi connectivity index (χ0) is 15.1. The fraction of sp³-hybridized carbons (Fsp3) is 0.588. The molecule has 1 aromatic rings. The molecule has 3 heteroatoms. The van der Waals surface area contributed by atoms with Gasteiger partial charge >= 0.3 is 5.97 Å². The molecule has 0 bridgehead atoms. The number of rotatable bonds is 3. The molecular weight excluding hydrogens is 250 g/mol. The zero-order valence-corrected chi connectivity index (χ0v) is 13.1. The molecule has 0 saturated carbocycles. The first kappa shape index (κ1) is 14.9. The average molecular weight is 275 g/mol. The van der Waals surface area contributed by atoms with E-state index < -0.39 is 11.4 Å². The molecular formula is C17H25NO2. The number of aliphatic carboxylic acids is 1. The molecule has 110 valence electrons. The maximum Gasteiger partial charge on any atom is 0.313 e. The number of carbonyl (C=O) groups is 1. The monoisotopic (exact) mass is 275 g/mol. The highest BCUT2D eigenvalue weighted by molar-refractivity contribution is 5.80. The van der Waals surface area contributed by atoms with Crippen LogP contribution in [0.2, 0.25) is 0 Å². The number of carboxylic acid groups (broad SMARTS) is 1. The highest BCUT2D eigenvalue weighted by atomic mass is 16.4. The van der Waals surface area contributed by atoms with Crippen LogP contribution in [0.5, 0.6) is 0 Å². The molecule has 0 atom stereocenters. The summed E-state index contributed by atoms with van der Waals surface area (Å²) in [6, 6.07) is 7.96. The molecule has 1 aliphatic heterocycles. The van der Waals surface area contributed by atoms with Crippen molar-refractivity contribution < 1.29 is 9.90 Å². The number of anilines is 1. The first-order chi connectivity index (χ1) is 9.12. The van der Waals surface area contributed by atoms with Crippen molar-refractivity contribution in [2.45, 2.75) is 40.0 Å². The lowest BCUT2D eigenvalue weighted by Crippen LogP contribution is -2.52. The Kier molecular flexibility index (Phi) is 3.57. The molecule has 1 aromatic carbocycles. The minimum atomic E-state index is -0.832. The van der Waals surface area contributed by atoms with E-state index in [1.807, 2.05) is 24.3 Å². The quantitative estimate of drug-likeness (QED) is 0.917. The number of nitrogens with zero attached hydrogens (tertiary/aromatic N) is 1. The van der Waals surface area contributed by atoms with E-state index in [1.165, 1.54) is 5.69 Å². The van der Waals surface area contributed by atoms with Gasteiger partial charge in [0.1, 0.15) is 0 Å². The SMILES string of the molecule is CC(C)(C(=O)O)c1ccc(N2CC(C(C)(C)C)C2)cc1. The third-order valence-corrected chi connectivity index (χ3v) is 4.60. The molecule has 0 aliphatic carbocycles. The van der Waals surface area contributed by atoms with E-state index in [0.717, 1.165) is 24.6 Å². The summed E-state index contributed by atoms with van der Waals surface area (Å²) in [6.45, 7) is 12.5. The van der Waals surface area contributed by atoms with Crippen LogP contribution >= 0.6 is 0 Å². The van der Waals surface area contributed by atoms with E-state index in [1.54, 1.807) is 13.8 Å². The normalized spacial score (nSPS) is 16.9. The van der Waals surface area contributed by atoms with Crippen LogP contribution in [0.1, 0.15) is 40.2 Å². The van der Waals surface area contributed by atoms with Crippen molar-refractivity contribution in [2.75, 3.05) is 18.0 Å². The van der Waals surface area contributed by atoms with Crippen LogP contribution in [-0.4, -0.2) is 24.2 Å². The van der Waals surface area contributed by atoms with Gasteiger partial charge in [0.2, 0.25) is 0 Å². The van der Waals surface area contributed by atoms with Crippen LogP contribution in [0.25, 0.3) is 0 Å². The van der Waals surface area contributed by atoms with Crippen LogP contribution in [0, 0.1) is 11.3 Å². The molecule has 0 unspecified atom stereocenters. The maximum atomic E-state index is 11.3. The van der Waals surface area contributed by atoms with Gasteiger partial charge in [-0.05, 0) is 42.9 Å². The van der Waals surface area contributed by atoms with Gasteiger partial charge < -0.3 is 10.0 Å². The van der Waals surface area contributed by atoms with Crippen molar-refractivity contribution in [3.05, 3.63) is 29.8 Å². The Bertz CT molecular complexity index is 491. The summed E-state index contributed by atoms with van der Waals surface area (Å²) >= 11 is 0. The van der Waals surface area contributed by atoms with Gasteiger partial charge in [-0.3, -0.25) is 4.79 Å². The van der Waals surface area contributed by atoms with Gasteiger partial charge in [-0.15, -0.1) is 0 Å². The van der Waals surface area contributed by atoms with Crippen LogP contribution in [-0.2, 0) is 10.2 Å². The Morgan fingerprint density at radius 2 is 1.60 bits per heavy atom. The molecule has 1 heterocycles. The molecule has 20 heavy (non-hydrogen) atoms. The second-order valence-corrected chi connectivity index (χ2v) is 7.44. The lowest BCUT2D eigenvalue weighted by atomic mass is 9.76. The third-order valence-electron chi connectivity index (χ3n) is 4.60. The summed E-state index contributed by atoms with van der Waals surface area (Å²) in [7, 11) is 0. The largest absolute Gasteiger partial charge is 0.481 e. The van der Waals surface area contributed by atoms with Gasteiger partial charge in [-0.1, -0.05) is 32.9 Å². The molecule has 0 amide bonds. The second kappa shape index (κ2) is 4.80. The highest BCUT2D eigenvalue weighted by Gasteiger charge is 2.36. The molecule has 0 spiro atoms. The van der Waals surface area contributed by atoms with E-state index in [4.69, 9.17) is 0 Å². The average Bonchev–Trinajstić information content (AvgIpc) is 2.25. The van der Waals surface area contributed by atoms with E-state index >= 15 is 0 Å². The Morgan fingerprint density at radius 3 is 2.00 bits per heavy atom. The minimum absolute atomic E-state index is 0.363. The van der Waals surface area contributed by atoms with Crippen molar-refractivity contribution in [2.24, 2.45) is 11.3 Å². The summed E-state index contributed by atoms with van der Waals surface area (Å²) in [4.78, 5) is 13.6. The topological polar surface area (TPSA) is 40.5 Å². The highest BCUT2D eigenvalue weighted by Crippen LogP contribution is 2.36. The van der Waals surface area contributed by atoms with Gasteiger partial charge in [0, 0.05) is 18.8 Å². The van der Waals surface area contributed by atoms with E-state index in [-0.39, 0.29) is 0 Å². The predicted molar refractivity (Wildman–Crippen MR) is 82.3 cm³/mol. The van der Waals surface area contributed by atoms with Crippen molar-refractivity contribution in [1.82, 2.24) is 0 Å². The van der Waals surface area contributed by atoms with Gasteiger partial charge in [0.25, 0.3) is 0 Å². The lowest BCUT2D eigenvalue weighted by molar-refractivity contribution is -0.142. The Hall–Kier alpha value is -1.51. The first-order valence-corrected chi connectivity index (χ1v) is 7.21. The van der Waals surface area contributed by atoms with Gasteiger partial charge in [0.15, 0.2) is 0 Å². The number of benzene rings is 1. The smallest absolute Gasteiger partial charge is 0.313 e. The Labute approximate surface area is 121 Å². The van der Waals surface area contributed by atoms with Crippen molar-refractivity contribution >= 4 is 11.7 Å². The number of hydrogen-bond donors (Lipinski definition) is 1. The number of hydrogen-bond acceptors (Lipinski definition) is 2. The molecule has 1 aliphatic rings. The molecule has 3 nitrogen and oxygen atoms in total. The fourth-order valence-electron chi connectivity index (χ4n) is 2.45. The summed E-state index contributed by atoms with van der Waals surface area (Å²) in [5.74, 6) is -0.0559. The van der Waals surface area contributed by atoms with Crippen LogP contribution in [0.4, 0.5) is 5.69 Å². The standard InChI is InChI=1S/C17H25NO2/c1-16(2,3)13-10-18(11-13)14-8-6-12(7-9-14)17(4,5)15(19)20/h6-9,13H,10-11H2,1-5H3,(H,19,20). The van der Waals surface area contributed by atoms with Crippen LogP contribution in [0.3, 0.4) is 0 Å².